The van der Waals surface area contributed by atoms with Crippen molar-refractivity contribution in [3.8, 4) is 0 Å². The zero-order chi connectivity index (χ0) is 17.0. The molecule has 2 heterocycles. The molecule has 1 aliphatic rings. The Morgan fingerprint density at radius 3 is 2.87 bits per heavy atom. The highest BCUT2D eigenvalue weighted by Crippen LogP contribution is 2.16. The fourth-order valence-electron chi connectivity index (χ4n) is 2.29. The fourth-order valence-corrected chi connectivity index (χ4v) is 2.29. The van der Waals surface area contributed by atoms with Crippen LogP contribution in [0.5, 0.6) is 0 Å². The number of nitrogens with one attached hydrogen (secondary N) is 3. The van der Waals surface area contributed by atoms with Gasteiger partial charge in [0.15, 0.2) is 0 Å². The van der Waals surface area contributed by atoms with Gasteiger partial charge in [-0.2, -0.15) is 0 Å². The van der Waals surface area contributed by atoms with E-state index in [4.69, 9.17) is 16.9 Å². The van der Waals surface area contributed by atoms with Crippen molar-refractivity contribution in [3.63, 3.8) is 0 Å². The summed E-state index contributed by atoms with van der Waals surface area (Å²) in [6.07, 6.45) is 3.17. The van der Waals surface area contributed by atoms with E-state index in [9.17, 15) is 9.59 Å². The topological polar surface area (TPSA) is 151 Å². The minimum Gasteiger partial charge on any atom is -0.388 e. The fraction of sp³-hybridized carbons (Fsp3) is 0.429. The molecule has 0 aliphatic carbocycles. The normalized spacial score (nSPS) is 16.7. The molecule has 9 heteroatoms. The monoisotopic (exact) mass is 319 g/mol. The van der Waals surface area contributed by atoms with Gasteiger partial charge in [0.25, 0.3) is 5.91 Å². The average Bonchev–Trinajstić information content (AvgIpc) is 3.04. The number of aromatic nitrogens is 1. The van der Waals surface area contributed by atoms with E-state index in [-0.39, 0.29) is 24.2 Å². The molecular formula is C14H21N7O2. The zero-order valence-corrected chi connectivity index (χ0v) is 12.9. The van der Waals surface area contributed by atoms with Crippen molar-refractivity contribution in [2.24, 2.45) is 23.5 Å². The Morgan fingerprint density at radius 1 is 1.52 bits per heavy atom. The quantitative estimate of drug-likeness (QED) is 0.356. The zero-order valence-electron chi connectivity index (χ0n) is 12.9. The number of amidine groups is 2. The van der Waals surface area contributed by atoms with E-state index in [0.717, 1.165) is 0 Å². The van der Waals surface area contributed by atoms with E-state index in [1.807, 2.05) is 0 Å². The van der Waals surface area contributed by atoms with E-state index >= 15 is 0 Å². The van der Waals surface area contributed by atoms with Crippen LogP contribution in [0, 0.1) is 5.41 Å². The van der Waals surface area contributed by atoms with E-state index < -0.39 is 6.04 Å². The van der Waals surface area contributed by atoms with E-state index in [0.29, 0.717) is 36.5 Å². The minimum absolute atomic E-state index is 0.0153. The molecule has 0 saturated heterocycles. The number of hydrogen-bond acceptors (Lipinski definition) is 5. The van der Waals surface area contributed by atoms with Crippen molar-refractivity contribution in [1.82, 2.24) is 9.88 Å². The molecule has 0 aromatic carbocycles. The molecule has 1 aromatic heterocycles. The first kappa shape index (κ1) is 16.5. The predicted octanol–water partition coefficient (Wildman–Crippen LogP) is -0.461. The van der Waals surface area contributed by atoms with Crippen molar-refractivity contribution in [2.75, 3.05) is 11.9 Å². The summed E-state index contributed by atoms with van der Waals surface area (Å²) in [5.74, 6) is -0.0257. The first-order chi connectivity index (χ1) is 10.9. The summed E-state index contributed by atoms with van der Waals surface area (Å²) < 4.78 is 1.62. The number of nitrogens with zero attached hydrogens (tertiary/aromatic N) is 2. The van der Waals surface area contributed by atoms with Crippen molar-refractivity contribution in [3.05, 3.63) is 18.0 Å². The lowest BCUT2D eigenvalue weighted by Crippen LogP contribution is -2.28. The number of hydrogen-bond donors (Lipinski definition) is 5. The van der Waals surface area contributed by atoms with Gasteiger partial charge in [0, 0.05) is 32.6 Å². The summed E-state index contributed by atoms with van der Waals surface area (Å²) in [7, 11) is 1.71. The lowest BCUT2D eigenvalue weighted by molar-refractivity contribution is -0.117. The second kappa shape index (κ2) is 6.95. The molecular weight excluding hydrogens is 298 g/mol. The van der Waals surface area contributed by atoms with Crippen molar-refractivity contribution < 1.29 is 9.59 Å². The third-order valence-corrected chi connectivity index (χ3v) is 3.48. The van der Waals surface area contributed by atoms with Gasteiger partial charge in [-0.15, -0.1) is 0 Å². The summed E-state index contributed by atoms with van der Waals surface area (Å²) >= 11 is 0. The van der Waals surface area contributed by atoms with Crippen LogP contribution in [0.25, 0.3) is 0 Å². The van der Waals surface area contributed by atoms with Gasteiger partial charge in [-0.25, -0.2) is 0 Å². The van der Waals surface area contributed by atoms with Gasteiger partial charge in [-0.3, -0.25) is 20.0 Å². The lowest BCUT2D eigenvalue weighted by atomic mass is 10.2. The van der Waals surface area contributed by atoms with E-state index in [2.05, 4.69) is 15.6 Å². The van der Waals surface area contributed by atoms with Crippen LogP contribution in [-0.2, 0) is 11.8 Å². The van der Waals surface area contributed by atoms with Gasteiger partial charge in [-0.05, 0) is 12.5 Å². The summed E-state index contributed by atoms with van der Waals surface area (Å²) in [5.41, 5.74) is 11.7. The second-order valence-corrected chi connectivity index (χ2v) is 5.42. The first-order valence-electron chi connectivity index (χ1n) is 7.27. The van der Waals surface area contributed by atoms with Crippen LogP contribution in [0.2, 0.25) is 0 Å². The molecule has 1 aliphatic heterocycles. The van der Waals surface area contributed by atoms with Crippen molar-refractivity contribution >= 4 is 29.2 Å². The molecule has 1 unspecified atom stereocenters. The SMILES string of the molecule is Cn1cc(NC(=O)C2CCC(N)=N2)cc1C(=O)NCCC(=N)N. The second-order valence-electron chi connectivity index (χ2n) is 5.42. The Labute approximate surface area is 133 Å². The number of amides is 2. The summed E-state index contributed by atoms with van der Waals surface area (Å²) in [6, 6.07) is 1.12. The molecule has 0 spiro atoms. The third kappa shape index (κ3) is 4.31. The molecule has 0 bridgehead atoms. The molecule has 2 rings (SSSR count). The summed E-state index contributed by atoms with van der Waals surface area (Å²) in [4.78, 5) is 28.2. The molecule has 0 saturated carbocycles. The number of aryl methyl sites for hydroxylation is 1. The maximum absolute atomic E-state index is 12.1. The van der Waals surface area contributed by atoms with Crippen molar-refractivity contribution in [2.45, 2.75) is 25.3 Å². The van der Waals surface area contributed by atoms with Crippen LogP contribution in [0.3, 0.4) is 0 Å². The standard InChI is InChI=1S/C14H21N7O2/c1-21-7-8(19-13(22)9-2-3-12(17)20-9)6-10(21)14(23)18-5-4-11(15)16/h6-7,9H,2-5H2,1H3,(H3,15,16)(H2,17,20)(H,18,23)(H,19,22). The van der Waals surface area contributed by atoms with E-state index in [1.54, 1.807) is 23.9 Å². The summed E-state index contributed by atoms with van der Waals surface area (Å²) in [5, 5.41) is 12.5. The number of aliphatic imine (C=N–C) groups is 1. The van der Waals surface area contributed by atoms with Crippen LogP contribution < -0.4 is 22.1 Å². The maximum atomic E-state index is 12.1. The highest BCUT2D eigenvalue weighted by molar-refractivity contribution is 6.00. The molecule has 1 atom stereocenters. The number of carbonyl (C=O) groups is 2. The van der Waals surface area contributed by atoms with E-state index in [1.165, 1.54) is 0 Å². The Hall–Kier alpha value is -2.84. The highest BCUT2D eigenvalue weighted by atomic mass is 16.2. The van der Waals surface area contributed by atoms with Crippen LogP contribution in [0.15, 0.2) is 17.3 Å². The van der Waals surface area contributed by atoms with Gasteiger partial charge >= 0.3 is 0 Å². The van der Waals surface area contributed by atoms with Gasteiger partial charge in [0.05, 0.1) is 17.4 Å². The Balaban J connectivity index is 1.96. The highest BCUT2D eigenvalue weighted by Gasteiger charge is 2.23. The first-order valence-corrected chi connectivity index (χ1v) is 7.27. The number of rotatable bonds is 6. The van der Waals surface area contributed by atoms with Crippen LogP contribution in [0.4, 0.5) is 5.69 Å². The molecule has 1 aromatic rings. The molecule has 0 fully saturated rings. The lowest BCUT2D eigenvalue weighted by Gasteiger charge is -2.06. The maximum Gasteiger partial charge on any atom is 0.267 e. The molecule has 124 valence electrons. The Morgan fingerprint density at radius 2 is 2.26 bits per heavy atom. The summed E-state index contributed by atoms with van der Waals surface area (Å²) in [6.45, 7) is 0.289. The number of carbonyl (C=O) groups excluding carboxylic acids is 2. The molecule has 7 N–H and O–H groups in total. The van der Waals surface area contributed by atoms with Crippen molar-refractivity contribution in [1.29, 1.82) is 5.41 Å². The molecule has 23 heavy (non-hydrogen) atoms. The molecule has 9 nitrogen and oxygen atoms in total. The average molecular weight is 319 g/mol. The van der Waals surface area contributed by atoms with Gasteiger partial charge in [0.2, 0.25) is 5.91 Å². The smallest absolute Gasteiger partial charge is 0.267 e. The minimum atomic E-state index is -0.469. The molecule has 2 amide bonds. The number of nitrogens with two attached hydrogens (primary N) is 2. The molecule has 0 radical (unpaired) electrons. The number of anilines is 1. The third-order valence-electron chi connectivity index (χ3n) is 3.48. The van der Waals surface area contributed by atoms with Gasteiger partial charge < -0.3 is 26.7 Å². The Bertz CT molecular complexity index is 662. The largest absolute Gasteiger partial charge is 0.388 e. The van der Waals surface area contributed by atoms with Crippen LogP contribution in [0.1, 0.15) is 29.8 Å². The predicted molar refractivity (Wildman–Crippen MR) is 87.6 cm³/mol. The Kier molecular flexibility index (Phi) is 4.99. The van der Waals surface area contributed by atoms with Gasteiger partial charge in [0.1, 0.15) is 11.7 Å². The van der Waals surface area contributed by atoms with Gasteiger partial charge in [-0.1, -0.05) is 0 Å². The van der Waals surface area contributed by atoms with Crippen LogP contribution >= 0.6 is 0 Å². The van der Waals surface area contributed by atoms with Crippen LogP contribution in [-0.4, -0.2) is 40.6 Å².